The molecule has 0 saturated heterocycles. The van der Waals surface area contributed by atoms with Gasteiger partial charge in [0.2, 0.25) is 0 Å². The van der Waals surface area contributed by atoms with Gasteiger partial charge in [0.15, 0.2) is 0 Å². The van der Waals surface area contributed by atoms with Crippen LogP contribution in [0.4, 0.5) is 0 Å². The topological polar surface area (TPSA) is 13.1 Å². The zero-order chi connectivity index (χ0) is 34.9. The van der Waals surface area contributed by atoms with Crippen LogP contribution < -0.4 is 0 Å². The molecule has 0 spiro atoms. The minimum absolute atomic E-state index is 0.907. The van der Waals surface area contributed by atoms with Gasteiger partial charge < -0.3 is 4.42 Å². The minimum Gasteiger partial charge on any atom is -0.456 e. The van der Waals surface area contributed by atoms with Crippen LogP contribution in [0, 0.1) is 0 Å². The number of benzene rings is 10. The van der Waals surface area contributed by atoms with Crippen LogP contribution in [0.5, 0.6) is 0 Å². The molecule has 0 N–H and O–H groups in total. The highest BCUT2D eigenvalue weighted by molar-refractivity contribution is 6.22. The molecule has 11 aromatic rings. The van der Waals surface area contributed by atoms with Crippen LogP contribution >= 0.6 is 0 Å². The molecule has 0 saturated carbocycles. The van der Waals surface area contributed by atoms with Crippen molar-refractivity contribution >= 4 is 65.0 Å². The van der Waals surface area contributed by atoms with Crippen molar-refractivity contribution < 1.29 is 4.42 Å². The summed E-state index contributed by atoms with van der Waals surface area (Å²) in [5, 5.41) is 12.2. The van der Waals surface area contributed by atoms with E-state index in [2.05, 4.69) is 194 Å². The maximum absolute atomic E-state index is 6.55. The lowest BCUT2D eigenvalue weighted by molar-refractivity contribution is 0.669. The zero-order valence-corrected chi connectivity index (χ0v) is 28.9. The quantitative estimate of drug-likeness (QED) is 0.170. The van der Waals surface area contributed by atoms with Crippen LogP contribution in [-0.2, 0) is 0 Å². The van der Waals surface area contributed by atoms with Crippen molar-refractivity contribution in [3.63, 3.8) is 0 Å². The van der Waals surface area contributed by atoms with E-state index in [-0.39, 0.29) is 0 Å². The third-order valence-electron chi connectivity index (χ3n) is 11.1. The van der Waals surface area contributed by atoms with Gasteiger partial charge in [-0.2, -0.15) is 0 Å². The summed E-state index contributed by atoms with van der Waals surface area (Å²) in [6, 6.07) is 70.5. The van der Waals surface area contributed by atoms with Crippen molar-refractivity contribution in [1.29, 1.82) is 0 Å². The molecule has 0 bridgehead atoms. The van der Waals surface area contributed by atoms with Crippen LogP contribution in [0.1, 0.15) is 0 Å². The van der Waals surface area contributed by atoms with Crippen LogP contribution in [0.25, 0.3) is 110 Å². The molecular formula is C52H32O. The van der Waals surface area contributed by atoms with Gasteiger partial charge in [0.05, 0.1) is 0 Å². The summed E-state index contributed by atoms with van der Waals surface area (Å²) in [6.07, 6.45) is 0. The molecule has 1 nitrogen and oxygen atoms in total. The minimum atomic E-state index is 0.907. The Hall–Kier alpha value is -6.96. The summed E-state index contributed by atoms with van der Waals surface area (Å²) < 4.78 is 6.55. The number of rotatable bonds is 4. The molecule has 0 aliphatic heterocycles. The molecule has 0 unspecified atom stereocenters. The van der Waals surface area contributed by atoms with E-state index in [1.807, 2.05) is 0 Å². The molecule has 0 amide bonds. The Kier molecular flexibility index (Phi) is 6.62. The summed E-state index contributed by atoms with van der Waals surface area (Å²) >= 11 is 0. The van der Waals surface area contributed by atoms with Crippen LogP contribution in [0.2, 0.25) is 0 Å². The largest absolute Gasteiger partial charge is 0.456 e. The molecule has 0 fully saturated rings. The summed E-state index contributed by atoms with van der Waals surface area (Å²) in [7, 11) is 0. The van der Waals surface area contributed by atoms with Crippen molar-refractivity contribution in [3.8, 4) is 44.5 Å². The van der Waals surface area contributed by atoms with Gasteiger partial charge in [0.25, 0.3) is 0 Å². The van der Waals surface area contributed by atoms with Gasteiger partial charge in [0.1, 0.15) is 11.2 Å². The lowest BCUT2D eigenvalue weighted by Gasteiger charge is -2.18. The van der Waals surface area contributed by atoms with Crippen molar-refractivity contribution in [3.05, 3.63) is 194 Å². The van der Waals surface area contributed by atoms with Gasteiger partial charge in [-0.3, -0.25) is 0 Å². The number of hydrogen-bond acceptors (Lipinski definition) is 1. The summed E-state index contributed by atoms with van der Waals surface area (Å²) in [4.78, 5) is 0. The summed E-state index contributed by atoms with van der Waals surface area (Å²) in [5.41, 5.74) is 11.6. The van der Waals surface area contributed by atoms with E-state index < -0.39 is 0 Å². The molecule has 0 atom stereocenters. The average Bonchev–Trinajstić information content (AvgIpc) is 3.58. The highest BCUT2D eigenvalue weighted by Crippen LogP contribution is 2.45. The molecule has 1 aromatic heterocycles. The molecule has 11 rings (SSSR count). The normalized spacial score (nSPS) is 11.8. The predicted octanol–water partition coefficient (Wildman–Crippen LogP) is 14.9. The molecule has 0 aliphatic rings. The number of fused-ring (bicyclic) bond motifs is 7. The Balaban J connectivity index is 1.07. The second-order valence-corrected chi connectivity index (χ2v) is 14.0. The van der Waals surface area contributed by atoms with E-state index in [9.17, 15) is 0 Å². The van der Waals surface area contributed by atoms with Gasteiger partial charge in [-0.15, -0.1) is 0 Å². The lowest BCUT2D eigenvalue weighted by Crippen LogP contribution is -1.91. The van der Waals surface area contributed by atoms with Crippen molar-refractivity contribution in [2.45, 2.75) is 0 Å². The fourth-order valence-corrected chi connectivity index (χ4v) is 8.61. The first-order chi connectivity index (χ1) is 26.3. The number of hydrogen-bond donors (Lipinski definition) is 0. The van der Waals surface area contributed by atoms with Crippen LogP contribution in [-0.4, -0.2) is 0 Å². The van der Waals surface area contributed by atoms with Crippen molar-refractivity contribution in [2.75, 3.05) is 0 Å². The van der Waals surface area contributed by atoms with Crippen molar-refractivity contribution in [2.24, 2.45) is 0 Å². The molecule has 0 aliphatic carbocycles. The fraction of sp³-hybridized carbons (Fsp3) is 0. The van der Waals surface area contributed by atoms with E-state index in [0.717, 1.165) is 27.5 Å². The van der Waals surface area contributed by atoms with Gasteiger partial charge in [0, 0.05) is 10.8 Å². The fourth-order valence-electron chi connectivity index (χ4n) is 8.61. The standard InChI is InChI=1S/C52H32O/c1-2-14-37-31-50-48(30-36(37)13-1)43-29-28-38(32-49(43)53-50)52-46-21-9-7-19-44(46)51(45-20-8-10-22-47(45)52)35-26-24-34(25-27-35)40-17-5-6-18-41(40)42-23-11-15-33-12-3-4-16-39(33)42/h1-32H. The smallest absolute Gasteiger partial charge is 0.136 e. The summed E-state index contributed by atoms with van der Waals surface area (Å²) in [6.45, 7) is 0. The highest BCUT2D eigenvalue weighted by Gasteiger charge is 2.19. The first-order valence-corrected chi connectivity index (χ1v) is 18.3. The van der Waals surface area contributed by atoms with Gasteiger partial charge in [-0.1, -0.05) is 170 Å². The van der Waals surface area contributed by atoms with Gasteiger partial charge in [-0.25, -0.2) is 0 Å². The molecule has 246 valence electrons. The van der Waals surface area contributed by atoms with Crippen LogP contribution in [0.3, 0.4) is 0 Å². The van der Waals surface area contributed by atoms with Gasteiger partial charge >= 0.3 is 0 Å². The molecule has 0 radical (unpaired) electrons. The average molecular weight is 673 g/mol. The lowest BCUT2D eigenvalue weighted by atomic mass is 9.85. The molecule has 10 aromatic carbocycles. The third kappa shape index (κ3) is 4.71. The Labute approximate surface area is 307 Å². The predicted molar refractivity (Wildman–Crippen MR) is 225 cm³/mol. The Morgan fingerprint density at radius 3 is 1.42 bits per heavy atom. The molecule has 1 heteroatoms. The number of furan rings is 1. The third-order valence-corrected chi connectivity index (χ3v) is 11.1. The highest BCUT2D eigenvalue weighted by atomic mass is 16.3. The summed E-state index contributed by atoms with van der Waals surface area (Å²) in [5.74, 6) is 0. The first-order valence-electron chi connectivity index (χ1n) is 18.3. The van der Waals surface area contributed by atoms with E-state index in [1.54, 1.807) is 0 Å². The maximum atomic E-state index is 6.55. The monoisotopic (exact) mass is 672 g/mol. The maximum Gasteiger partial charge on any atom is 0.136 e. The molecular weight excluding hydrogens is 641 g/mol. The zero-order valence-electron chi connectivity index (χ0n) is 28.9. The van der Waals surface area contributed by atoms with E-state index in [1.165, 1.54) is 82.0 Å². The van der Waals surface area contributed by atoms with E-state index in [0.29, 0.717) is 0 Å². The van der Waals surface area contributed by atoms with Crippen LogP contribution in [0.15, 0.2) is 199 Å². The Bertz CT molecular complexity index is 3150. The second-order valence-electron chi connectivity index (χ2n) is 14.0. The van der Waals surface area contributed by atoms with Gasteiger partial charge in [-0.05, 0) is 112 Å². The van der Waals surface area contributed by atoms with E-state index in [4.69, 9.17) is 4.42 Å². The second kappa shape index (κ2) is 11.8. The first kappa shape index (κ1) is 29.7. The Morgan fingerprint density at radius 2 is 0.717 bits per heavy atom. The Morgan fingerprint density at radius 1 is 0.245 bits per heavy atom. The SMILES string of the molecule is c1ccc(-c2cccc3ccccc23)c(-c2ccc(-c3c4ccccc4c(-c4ccc5c(c4)oc4cc6ccccc6cc45)c4ccccc34)cc2)c1. The molecule has 1 heterocycles. The van der Waals surface area contributed by atoms with E-state index >= 15 is 0 Å². The molecule has 53 heavy (non-hydrogen) atoms. The van der Waals surface area contributed by atoms with Crippen molar-refractivity contribution in [1.82, 2.24) is 0 Å².